The van der Waals surface area contributed by atoms with E-state index in [0.29, 0.717) is 24.7 Å². The molecule has 1 fully saturated rings. The number of para-hydroxylation sites is 1. The number of ether oxygens (including phenoxy) is 1. The van der Waals surface area contributed by atoms with Crippen LogP contribution in [0.1, 0.15) is 25.3 Å². The third kappa shape index (κ3) is 6.15. The maximum atomic E-state index is 14.1. The standard InChI is InChI=1S/C23H26FN3O3S/c1-3-17(30-2)15-27-22(29)20(13-21(28)25-14-16-9-5-4-6-10-16)31-23(27)26-19-12-8-7-11-18(19)24/h4-12,17,20H,3,13-15H2,1-2H3,(H,25,28). The van der Waals surface area contributed by atoms with Gasteiger partial charge in [0.25, 0.3) is 0 Å². The Kier molecular flexibility index (Phi) is 8.20. The molecule has 3 rings (SSSR count). The van der Waals surface area contributed by atoms with Gasteiger partial charge < -0.3 is 10.1 Å². The second-order valence-electron chi connectivity index (χ2n) is 7.13. The van der Waals surface area contributed by atoms with Crippen LogP contribution in [-0.4, -0.2) is 46.9 Å². The fourth-order valence-corrected chi connectivity index (χ4v) is 4.31. The summed E-state index contributed by atoms with van der Waals surface area (Å²) in [6.07, 6.45) is 0.550. The maximum absolute atomic E-state index is 14.1. The van der Waals surface area contributed by atoms with Gasteiger partial charge in [-0.3, -0.25) is 14.5 Å². The molecule has 1 aliphatic rings. The molecular weight excluding hydrogens is 417 g/mol. The Morgan fingerprint density at radius 2 is 1.94 bits per heavy atom. The zero-order valence-corrected chi connectivity index (χ0v) is 18.4. The van der Waals surface area contributed by atoms with Crippen molar-refractivity contribution in [1.29, 1.82) is 0 Å². The molecule has 1 N–H and O–H groups in total. The first-order valence-corrected chi connectivity index (χ1v) is 11.0. The first-order chi connectivity index (χ1) is 15.0. The Hall–Kier alpha value is -2.71. The van der Waals surface area contributed by atoms with Gasteiger partial charge in [0, 0.05) is 20.1 Å². The van der Waals surface area contributed by atoms with E-state index in [1.165, 1.54) is 22.7 Å². The summed E-state index contributed by atoms with van der Waals surface area (Å²) in [5.41, 5.74) is 1.14. The van der Waals surface area contributed by atoms with Crippen molar-refractivity contribution in [2.24, 2.45) is 4.99 Å². The van der Waals surface area contributed by atoms with Gasteiger partial charge in [0.1, 0.15) is 16.8 Å². The largest absolute Gasteiger partial charge is 0.380 e. The predicted molar refractivity (Wildman–Crippen MR) is 121 cm³/mol. The fourth-order valence-electron chi connectivity index (χ4n) is 3.15. The van der Waals surface area contributed by atoms with Crippen LogP contribution < -0.4 is 5.32 Å². The number of nitrogens with one attached hydrogen (secondary N) is 1. The van der Waals surface area contributed by atoms with Crippen molar-refractivity contribution in [2.75, 3.05) is 13.7 Å². The first-order valence-electron chi connectivity index (χ1n) is 10.2. The number of methoxy groups -OCH3 is 1. The third-order valence-electron chi connectivity index (χ3n) is 4.97. The van der Waals surface area contributed by atoms with E-state index in [0.717, 1.165) is 5.56 Å². The van der Waals surface area contributed by atoms with Gasteiger partial charge in [0.15, 0.2) is 5.17 Å². The SMILES string of the molecule is CCC(CN1C(=O)C(CC(=O)NCc2ccccc2)SC1=Nc1ccccc1F)OC. The molecule has 1 saturated heterocycles. The fraction of sp³-hybridized carbons (Fsp3) is 0.348. The van der Waals surface area contributed by atoms with Gasteiger partial charge in [-0.05, 0) is 24.1 Å². The van der Waals surface area contributed by atoms with Crippen molar-refractivity contribution < 1.29 is 18.7 Å². The lowest BCUT2D eigenvalue weighted by atomic mass is 10.2. The van der Waals surface area contributed by atoms with Crippen LogP contribution in [-0.2, 0) is 20.9 Å². The summed E-state index contributed by atoms with van der Waals surface area (Å²) in [6, 6.07) is 15.7. The number of benzene rings is 2. The second kappa shape index (κ2) is 11.1. The molecule has 164 valence electrons. The molecule has 0 radical (unpaired) electrons. The molecule has 0 saturated carbocycles. The van der Waals surface area contributed by atoms with Gasteiger partial charge in [-0.1, -0.05) is 61.2 Å². The number of thioether (sulfide) groups is 1. The van der Waals surface area contributed by atoms with Gasteiger partial charge in [0.05, 0.1) is 12.6 Å². The molecule has 0 aliphatic carbocycles. The second-order valence-corrected chi connectivity index (χ2v) is 8.30. The van der Waals surface area contributed by atoms with E-state index >= 15 is 0 Å². The van der Waals surface area contributed by atoms with Crippen LogP contribution in [0.4, 0.5) is 10.1 Å². The number of aliphatic imine (C=N–C) groups is 1. The van der Waals surface area contributed by atoms with Crippen LogP contribution in [0.5, 0.6) is 0 Å². The molecule has 2 unspecified atom stereocenters. The molecule has 1 aliphatic heterocycles. The summed E-state index contributed by atoms with van der Waals surface area (Å²) in [7, 11) is 1.59. The van der Waals surface area contributed by atoms with Crippen LogP contribution in [0.25, 0.3) is 0 Å². The van der Waals surface area contributed by atoms with Gasteiger partial charge in [-0.15, -0.1) is 0 Å². The van der Waals surface area contributed by atoms with Crippen LogP contribution in [0.15, 0.2) is 59.6 Å². The lowest BCUT2D eigenvalue weighted by Crippen LogP contribution is -2.39. The maximum Gasteiger partial charge on any atom is 0.242 e. The molecule has 0 aromatic heterocycles. The van der Waals surface area contributed by atoms with Crippen LogP contribution in [0, 0.1) is 5.82 Å². The van der Waals surface area contributed by atoms with Crippen LogP contribution in [0.3, 0.4) is 0 Å². The number of halogens is 1. The number of amides is 2. The monoisotopic (exact) mass is 443 g/mol. The quantitative estimate of drug-likeness (QED) is 0.638. The Morgan fingerprint density at radius 3 is 2.61 bits per heavy atom. The minimum absolute atomic E-state index is 0.0207. The van der Waals surface area contributed by atoms with Gasteiger partial charge in [-0.2, -0.15) is 0 Å². The summed E-state index contributed by atoms with van der Waals surface area (Å²) in [6.45, 7) is 2.66. The van der Waals surface area contributed by atoms with Gasteiger partial charge in [-0.25, -0.2) is 9.38 Å². The first kappa shape index (κ1) is 23.0. The highest BCUT2D eigenvalue weighted by Crippen LogP contribution is 2.32. The van der Waals surface area contributed by atoms with Crippen molar-refractivity contribution in [1.82, 2.24) is 10.2 Å². The summed E-state index contributed by atoms with van der Waals surface area (Å²) in [5, 5.41) is 2.62. The summed E-state index contributed by atoms with van der Waals surface area (Å²) in [4.78, 5) is 31.4. The van der Waals surface area contributed by atoms with Gasteiger partial charge >= 0.3 is 0 Å². The van der Waals surface area contributed by atoms with E-state index in [1.807, 2.05) is 37.3 Å². The predicted octanol–water partition coefficient (Wildman–Crippen LogP) is 3.89. The molecule has 2 amide bonds. The van der Waals surface area contributed by atoms with E-state index in [2.05, 4.69) is 10.3 Å². The van der Waals surface area contributed by atoms with Crippen molar-refractivity contribution >= 4 is 34.4 Å². The Morgan fingerprint density at radius 1 is 1.23 bits per heavy atom. The number of amidine groups is 1. The number of nitrogens with zero attached hydrogens (tertiary/aromatic N) is 2. The van der Waals surface area contributed by atoms with Crippen molar-refractivity contribution in [3.8, 4) is 0 Å². The highest BCUT2D eigenvalue weighted by atomic mass is 32.2. The molecule has 2 aromatic rings. The number of hydrogen-bond acceptors (Lipinski definition) is 5. The Labute approximate surface area is 185 Å². The normalized spacial score (nSPS) is 18.4. The number of rotatable bonds is 9. The molecule has 1 heterocycles. The average Bonchev–Trinajstić information content (AvgIpc) is 3.06. The van der Waals surface area contributed by atoms with E-state index in [1.54, 1.807) is 25.3 Å². The lowest BCUT2D eigenvalue weighted by Gasteiger charge is -2.22. The van der Waals surface area contributed by atoms with Crippen molar-refractivity contribution in [2.45, 2.75) is 37.7 Å². The van der Waals surface area contributed by atoms with Gasteiger partial charge in [0.2, 0.25) is 11.8 Å². The minimum Gasteiger partial charge on any atom is -0.380 e. The lowest BCUT2D eigenvalue weighted by molar-refractivity contribution is -0.130. The van der Waals surface area contributed by atoms with E-state index < -0.39 is 11.1 Å². The number of hydrogen-bond donors (Lipinski definition) is 1. The highest BCUT2D eigenvalue weighted by molar-refractivity contribution is 8.15. The Bertz CT molecular complexity index is 935. The number of carbonyl (C=O) groups excluding carboxylic acids is 2. The molecule has 2 aromatic carbocycles. The molecule has 6 nitrogen and oxygen atoms in total. The zero-order chi connectivity index (χ0) is 22.2. The summed E-state index contributed by atoms with van der Waals surface area (Å²) in [5.74, 6) is -0.906. The highest BCUT2D eigenvalue weighted by Gasteiger charge is 2.40. The zero-order valence-electron chi connectivity index (χ0n) is 17.6. The van der Waals surface area contributed by atoms with Crippen LogP contribution in [0.2, 0.25) is 0 Å². The summed E-state index contributed by atoms with van der Waals surface area (Å²) < 4.78 is 19.5. The molecule has 8 heteroatoms. The molecular formula is C23H26FN3O3S. The van der Waals surface area contributed by atoms with Crippen LogP contribution >= 0.6 is 11.8 Å². The van der Waals surface area contributed by atoms with Crippen molar-refractivity contribution in [3.63, 3.8) is 0 Å². The minimum atomic E-state index is -0.615. The third-order valence-corrected chi connectivity index (χ3v) is 6.14. The van der Waals surface area contributed by atoms with E-state index in [9.17, 15) is 14.0 Å². The summed E-state index contributed by atoms with van der Waals surface area (Å²) >= 11 is 1.19. The molecule has 2 atom stereocenters. The number of carbonyl (C=O) groups is 2. The molecule has 31 heavy (non-hydrogen) atoms. The van der Waals surface area contributed by atoms with E-state index in [-0.39, 0.29) is 30.0 Å². The Balaban J connectivity index is 1.73. The molecule has 0 bridgehead atoms. The smallest absolute Gasteiger partial charge is 0.242 e. The topological polar surface area (TPSA) is 71.0 Å². The van der Waals surface area contributed by atoms with E-state index in [4.69, 9.17) is 4.74 Å². The van der Waals surface area contributed by atoms with Crippen molar-refractivity contribution in [3.05, 3.63) is 66.0 Å². The average molecular weight is 444 g/mol. The molecule has 0 spiro atoms.